The summed E-state index contributed by atoms with van der Waals surface area (Å²) in [5.41, 5.74) is 4.54. The van der Waals surface area contributed by atoms with Crippen molar-refractivity contribution in [1.82, 2.24) is 5.32 Å². The molecule has 140 valence electrons. The highest BCUT2D eigenvalue weighted by Gasteiger charge is 2.29. The standard InChI is InChI=1S/C22H23NO4/c1-14(2)11-20(21(25)12-24)23-22(26)27-13-19-17-9-5-3-7-15(17)16-8-4-6-10-18(16)19/h3-10,12,14,19-20H,11,13H2,1-2H3,(H,23,26)/t20-/m0/s1. The van der Waals surface area contributed by atoms with Crippen LogP contribution in [0.2, 0.25) is 0 Å². The van der Waals surface area contributed by atoms with Gasteiger partial charge in [-0.2, -0.15) is 0 Å². The lowest BCUT2D eigenvalue weighted by Gasteiger charge is -2.19. The number of Topliss-reactive ketones (excluding diaryl/α,β-unsaturated/α-hetero) is 1. The van der Waals surface area contributed by atoms with Gasteiger partial charge in [0, 0.05) is 5.92 Å². The van der Waals surface area contributed by atoms with Gasteiger partial charge in [0.1, 0.15) is 6.61 Å². The van der Waals surface area contributed by atoms with E-state index in [1.807, 2.05) is 50.2 Å². The average Bonchev–Trinajstić information content (AvgIpc) is 2.99. The molecule has 5 heteroatoms. The van der Waals surface area contributed by atoms with Gasteiger partial charge >= 0.3 is 6.09 Å². The molecule has 3 rings (SSSR count). The first-order valence-electron chi connectivity index (χ1n) is 9.11. The zero-order valence-corrected chi connectivity index (χ0v) is 15.5. The molecule has 1 N–H and O–H groups in total. The molecule has 1 aliphatic carbocycles. The molecule has 0 bridgehead atoms. The van der Waals surface area contributed by atoms with Crippen molar-refractivity contribution in [3.63, 3.8) is 0 Å². The smallest absolute Gasteiger partial charge is 0.407 e. The van der Waals surface area contributed by atoms with Crippen LogP contribution in [0.1, 0.15) is 37.3 Å². The Bertz CT molecular complexity index is 813. The molecule has 1 atom stereocenters. The molecule has 0 unspecified atom stereocenters. The maximum absolute atomic E-state index is 12.2. The van der Waals surface area contributed by atoms with E-state index in [1.165, 1.54) is 0 Å². The number of hydrogen-bond donors (Lipinski definition) is 1. The molecule has 0 aliphatic heterocycles. The fourth-order valence-electron chi connectivity index (χ4n) is 3.58. The Hall–Kier alpha value is -2.95. The maximum atomic E-state index is 12.2. The van der Waals surface area contributed by atoms with Crippen LogP contribution in [0.5, 0.6) is 0 Å². The lowest BCUT2D eigenvalue weighted by molar-refractivity contribution is -0.131. The molecule has 0 aromatic heterocycles. The second kappa shape index (κ2) is 8.16. The number of benzene rings is 2. The largest absolute Gasteiger partial charge is 0.449 e. The minimum Gasteiger partial charge on any atom is -0.449 e. The van der Waals surface area contributed by atoms with Crippen molar-refractivity contribution < 1.29 is 19.1 Å². The molecule has 1 amide bonds. The van der Waals surface area contributed by atoms with Crippen molar-refractivity contribution in [1.29, 1.82) is 0 Å². The van der Waals surface area contributed by atoms with E-state index in [-0.39, 0.29) is 24.7 Å². The summed E-state index contributed by atoms with van der Waals surface area (Å²) < 4.78 is 5.43. The quantitative estimate of drug-likeness (QED) is 0.600. The van der Waals surface area contributed by atoms with Crippen molar-refractivity contribution in [3.05, 3.63) is 59.7 Å². The Kier molecular flexibility index (Phi) is 5.69. The second-order valence-corrected chi connectivity index (χ2v) is 7.17. The molecule has 1 aliphatic rings. The van der Waals surface area contributed by atoms with Gasteiger partial charge in [0.05, 0.1) is 6.04 Å². The fourth-order valence-corrected chi connectivity index (χ4v) is 3.58. The molecule has 27 heavy (non-hydrogen) atoms. The van der Waals surface area contributed by atoms with E-state index in [1.54, 1.807) is 0 Å². The normalized spacial score (nSPS) is 13.6. The third-order valence-corrected chi connectivity index (χ3v) is 4.80. The van der Waals surface area contributed by atoms with Gasteiger partial charge in [0.25, 0.3) is 0 Å². The maximum Gasteiger partial charge on any atom is 0.407 e. The minimum absolute atomic E-state index is 0.0477. The summed E-state index contributed by atoms with van der Waals surface area (Å²) in [6.45, 7) is 4.01. The van der Waals surface area contributed by atoms with Crippen molar-refractivity contribution in [3.8, 4) is 11.1 Å². The summed E-state index contributed by atoms with van der Waals surface area (Å²) in [4.78, 5) is 34.8. The number of carbonyl (C=O) groups is 3. The summed E-state index contributed by atoms with van der Waals surface area (Å²) in [6, 6.07) is 15.3. The van der Waals surface area contributed by atoms with Crippen LogP contribution in [0.25, 0.3) is 11.1 Å². The SMILES string of the molecule is CC(C)C[C@H](NC(=O)OCC1c2ccccc2-c2ccccc21)C(=O)C=O. The van der Waals surface area contributed by atoms with Crippen molar-refractivity contribution in [2.75, 3.05) is 6.61 Å². The molecule has 0 fully saturated rings. The Morgan fingerprint density at radius 2 is 1.59 bits per heavy atom. The third kappa shape index (κ3) is 4.08. The van der Waals surface area contributed by atoms with Crippen LogP contribution in [0.3, 0.4) is 0 Å². The van der Waals surface area contributed by atoms with Crippen LogP contribution in [-0.4, -0.2) is 30.8 Å². The number of fused-ring (bicyclic) bond motifs is 3. The number of nitrogens with one attached hydrogen (secondary N) is 1. The van der Waals surface area contributed by atoms with Gasteiger partial charge in [-0.25, -0.2) is 4.79 Å². The molecule has 5 nitrogen and oxygen atoms in total. The molecule has 0 saturated carbocycles. The summed E-state index contributed by atoms with van der Waals surface area (Å²) in [5, 5.41) is 2.53. The molecule has 2 aromatic rings. The van der Waals surface area contributed by atoms with Crippen LogP contribution in [0, 0.1) is 5.92 Å². The van der Waals surface area contributed by atoms with E-state index in [2.05, 4.69) is 17.4 Å². The zero-order chi connectivity index (χ0) is 19.4. The van der Waals surface area contributed by atoms with Gasteiger partial charge < -0.3 is 10.1 Å². The lowest BCUT2D eigenvalue weighted by atomic mass is 9.98. The molecular formula is C22H23NO4. The number of hydrogen-bond acceptors (Lipinski definition) is 4. The first-order valence-corrected chi connectivity index (χ1v) is 9.11. The number of rotatable bonds is 7. The van der Waals surface area contributed by atoms with Crippen LogP contribution in [-0.2, 0) is 14.3 Å². The predicted molar refractivity (Wildman–Crippen MR) is 103 cm³/mol. The van der Waals surface area contributed by atoms with Crippen LogP contribution in [0.15, 0.2) is 48.5 Å². The molecule has 0 spiro atoms. The van der Waals surface area contributed by atoms with Gasteiger partial charge in [-0.05, 0) is 34.6 Å². The Morgan fingerprint density at radius 3 is 2.11 bits per heavy atom. The van der Waals surface area contributed by atoms with E-state index in [9.17, 15) is 14.4 Å². The van der Waals surface area contributed by atoms with E-state index < -0.39 is 17.9 Å². The number of aldehydes is 1. The van der Waals surface area contributed by atoms with E-state index in [0.717, 1.165) is 22.3 Å². The molecule has 2 aromatic carbocycles. The van der Waals surface area contributed by atoms with Crippen LogP contribution in [0.4, 0.5) is 4.79 Å². The van der Waals surface area contributed by atoms with Gasteiger partial charge in [0.15, 0.2) is 6.29 Å². The van der Waals surface area contributed by atoms with Gasteiger partial charge in [-0.1, -0.05) is 62.4 Å². The Morgan fingerprint density at radius 1 is 1.04 bits per heavy atom. The second-order valence-electron chi connectivity index (χ2n) is 7.17. The zero-order valence-electron chi connectivity index (χ0n) is 15.5. The minimum atomic E-state index is -0.849. The molecular weight excluding hydrogens is 342 g/mol. The summed E-state index contributed by atoms with van der Waals surface area (Å²) in [5.74, 6) is -0.529. The topological polar surface area (TPSA) is 72.5 Å². The highest BCUT2D eigenvalue weighted by atomic mass is 16.5. The highest BCUT2D eigenvalue weighted by Crippen LogP contribution is 2.44. The van der Waals surface area contributed by atoms with Crippen molar-refractivity contribution in [2.45, 2.75) is 32.2 Å². The number of amides is 1. The van der Waals surface area contributed by atoms with Gasteiger partial charge in [-0.3, -0.25) is 9.59 Å². The average molecular weight is 365 g/mol. The fraction of sp³-hybridized carbons (Fsp3) is 0.318. The van der Waals surface area contributed by atoms with E-state index >= 15 is 0 Å². The van der Waals surface area contributed by atoms with Gasteiger partial charge in [-0.15, -0.1) is 0 Å². The summed E-state index contributed by atoms with van der Waals surface area (Å²) >= 11 is 0. The monoisotopic (exact) mass is 365 g/mol. The first-order chi connectivity index (χ1) is 13.0. The first kappa shape index (κ1) is 18.8. The van der Waals surface area contributed by atoms with Crippen molar-refractivity contribution >= 4 is 18.2 Å². The summed E-state index contributed by atoms with van der Waals surface area (Å²) in [7, 11) is 0. The van der Waals surface area contributed by atoms with Crippen molar-refractivity contribution in [2.24, 2.45) is 5.92 Å². The Labute approximate surface area is 158 Å². The molecule has 0 heterocycles. The van der Waals surface area contributed by atoms with Crippen LogP contribution >= 0.6 is 0 Å². The van der Waals surface area contributed by atoms with E-state index in [0.29, 0.717) is 6.42 Å². The number of ether oxygens (including phenoxy) is 1. The molecule has 0 saturated heterocycles. The third-order valence-electron chi connectivity index (χ3n) is 4.80. The number of ketones is 1. The number of alkyl carbamates (subject to hydrolysis) is 1. The predicted octanol–water partition coefficient (Wildman–Crippen LogP) is 3.71. The Balaban J connectivity index is 1.70. The number of carbonyl (C=O) groups excluding carboxylic acids is 3. The summed E-state index contributed by atoms with van der Waals surface area (Å²) in [6.07, 6.45) is -0.0452. The molecule has 0 radical (unpaired) electrons. The van der Waals surface area contributed by atoms with Gasteiger partial charge in [0.2, 0.25) is 5.78 Å². The van der Waals surface area contributed by atoms with Crippen LogP contribution < -0.4 is 5.32 Å². The highest BCUT2D eigenvalue weighted by molar-refractivity contribution is 6.27. The van der Waals surface area contributed by atoms with E-state index in [4.69, 9.17) is 4.74 Å². The lowest BCUT2D eigenvalue weighted by Crippen LogP contribution is -2.42.